The molecule has 2 unspecified atom stereocenters. The standard InChI is InChI=1S/C33H58O4/c1-3-5-7-9-11-13-14-16-18-20-22-27-33(35)37-30(29-31(34)32-26-23-24-28-36-32)25-21-19-17-15-12-10-8-6-4-2/h23-24,26,28,30,32H,3-22,25,27,29H2,1-2H3/t30?,32-/m1/s1/i29D/t29?,30?,32-. The highest BCUT2D eigenvalue weighted by Gasteiger charge is 2.24. The van der Waals surface area contributed by atoms with Gasteiger partial charge in [0.1, 0.15) is 6.10 Å². The largest absolute Gasteiger partial charge is 0.486 e. The number of unbranched alkanes of at least 4 members (excludes halogenated alkanes) is 18. The summed E-state index contributed by atoms with van der Waals surface area (Å²) in [6.45, 7) is 4.49. The number of hydrogen-bond donors (Lipinski definition) is 0. The van der Waals surface area contributed by atoms with Crippen LogP contribution in [0.25, 0.3) is 0 Å². The molecule has 37 heavy (non-hydrogen) atoms. The smallest absolute Gasteiger partial charge is 0.306 e. The molecule has 0 spiro atoms. The quantitative estimate of drug-likeness (QED) is 0.0842. The SMILES string of the molecule is [2H]C(C(=O)[C@H]1C=CC=CO1)C(CCCCCCCCCCC)OC(=O)CCCCCCCCCCCCC. The van der Waals surface area contributed by atoms with Gasteiger partial charge >= 0.3 is 5.97 Å². The molecule has 4 heteroatoms. The van der Waals surface area contributed by atoms with Gasteiger partial charge in [-0.15, -0.1) is 0 Å². The zero-order valence-corrected chi connectivity index (χ0v) is 24.2. The minimum atomic E-state index is -1.12. The summed E-state index contributed by atoms with van der Waals surface area (Å²) in [4.78, 5) is 25.5. The van der Waals surface area contributed by atoms with Gasteiger partial charge < -0.3 is 9.47 Å². The van der Waals surface area contributed by atoms with Gasteiger partial charge in [-0.05, 0) is 31.4 Å². The lowest BCUT2D eigenvalue weighted by Crippen LogP contribution is -2.28. The second-order valence-corrected chi connectivity index (χ2v) is 10.8. The zero-order valence-electron chi connectivity index (χ0n) is 25.2. The molecule has 0 saturated heterocycles. The lowest BCUT2D eigenvalue weighted by Gasteiger charge is -2.20. The average Bonchev–Trinajstić information content (AvgIpc) is 2.94. The van der Waals surface area contributed by atoms with Crippen LogP contribution in [0.5, 0.6) is 0 Å². The fraction of sp³-hybridized carbons (Fsp3) is 0.818. The lowest BCUT2D eigenvalue weighted by molar-refractivity contribution is -0.151. The Bertz CT molecular complexity index is 645. The summed E-state index contributed by atoms with van der Waals surface area (Å²) >= 11 is 0. The van der Waals surface area contributed by atoms with Gasteiger partial charge in [0, 0.05) is 14.2 Å². The molecule has 0 saturated carbocycles. The molecule has 0 aliphatic carbocycles. The Morgan fingerprint density at radius 1 is 0.730 bits per heavy atom. The van der Waals surface area contributed by atoms with Crippen LogP contribution in [-0.4, -0.2) is 24.0 Å². The highest BCUT2D eigenvalue weighted by molar-refractivity contribution is 5.86. The van der Waals surface area contributed by atoms with Crippen LogP contribution in [0.4, 0.5) is 0 Å². The number of allylic oxidation sites excluding steroid dienone is 2. The second-order valence-electron chi connectivity index (χ2n) is 10.8. The van der Waals surface area contributed by atoms with E-state index in [1.807, 2.05) is 0 Å². The van der Waals surface area contributed by atoms with E-state index in [1.165, 1.54) is 96.2 Å². The van der Waals surface area contributed by atoms with Gasteiger partial charge in [0.2, 0.25) is 0 Å². The molecular weight excluding hydrogens is 460 g/mol. The van der Waals surface area contributed by atoms with Crippen LogP contribution in [0, 0.1) is 0 Å². The molecule has 0 fully saturated rings. The number of esters is 1. The normalized spacial score (nSPS) is 16.7. The summed E-state index contributed by atoms with van der Waals surface area (Å²) < 4.78 is 19.7. The molecule has 3 atom stereocenters. The Hall–Kier alpha value is -1.58. The minimum absolute atomic E-state index is 0.271. The first-order valence-electron chi connectivity index (χ1n) is 16.3. The van der Waals surface area contributed by atoms with Gasteiger partial charge in [0.25, 0.3) is 0 Å². The van der Waals surface area contributed by atoms with Crippen LogP contribution in [0.1, 0.15) is 163 Å². The third-order valence-electron chi connectivity index (χ3n) is 7.19. The van der Waals surface area contributed by atoms with Crippen LogP contribution in [0.2, 0.25) is 0 Å². The van der Waals surface area contributed by atoms with E-state index >= 15 is 0 Å². The van der Waals surface area contributed by atoms with Crippen molar-refractivity contribution in [3.05, 3.63) is 24.5 Å². The number of carbonyl (C=O) groups excluding carboxylic acids is 2. The Morgan fingerprint density at radius 2 is 1.22 bits per heavy atom. The molecule has 0 N–H and O–H groups in total. The van der Waals surface area contributed by atoms with Crippen molar-refractivity contribution in [2.75, 3.05) is 0 Å². The summed E-state index contributed by atoms with van der Waals surface area (Å²) in [5, 5.41) is 0. The number of ether oxygens (including phenoxy) is 2. The summed E-state index contributed by atoms with van der Waals surface area (Å²) in [5.41, 5.74) is 0. The highest BCUT2D eigenvalue weighted by Crippen LogP contribution is 2.18. The fourth-order valence-electron chi connectivity index (χ4n) is 4.82. The van der Waals surface area contributed by atoms with Crippen LogP contribution >= 0.6 is 0 Å². The van der Waals surface area contributed by atoms with E-state index in [1.54, 1.807) is 18.2 Å². The van der Waals surface area contributed by atoms with E-state index in [0.29, 0.717) is 12.8 Å². The van der Waals surface area contributed by atoms with Crippen LogP contribution < -0.4 is 0 Å². The van der Waals surface area contributed by atoms with Gasteiger partial charge in [0.05, 0.1) is 6.26 Å². The minimum Gasteiger partial charge on any atom is -0.486 e. The maximum atomic E-state index is 12.9. The molecule has 0 aromatic carbocycles. The monoisotopic (exact) mass is 519 g/mol. The van der Waals surface area contributed by atoms with Gasteiger partial charge in [-0.1, -0.05) is 135 Å². The van der Waals surface area contributed by atoms with Crippen LogP contribution in [0.3, 0.4) is 0 Å². The van der Waals surface area contributed by atoms with Crippen molar-refractivity contribution in [2.24, 2.45) is 0 Å². The van der Waals surface area contributed by atoms with Gasteiger partial charge in [-0.25, -0.2) is 0 Å². The average molecular weight is 520 g/mol. The third-order valence-corrected chi connectivity index (χ3v) is 7.19. The molecule has 214 valence electrons. The van der Waals surface area contributed by atoms with Gasteiger partial charge in [0.15, 0.2) is 11.9 Å². The van der Waals surface area contributed by atoms with E-state index in [-0.39, 0.29) is 11.8 Å². The maximum Gasteiger partial charge on any atom is 0.306 e. The summed E-state index contributed by atoms with van der Waals surface area (Å²) in [6.07, 6.45) is 29.3. The predicted octanol–water partition coefficient (Wildman–Crippen LogP) is 9.95. The molecular formula is C33H58O4. The van der Waals surface area contributed by atoms with Crippen molar-refractivity contribution in [2.45, 2.75) is 174 Å². The Labute approximate surface area is 230 Å². The number of ketones is 1. The molecule has 0 bridgehead atoms. The predicted molar refractivity (Wildman–Crippen MR) is 156 cm³/mol. The van der Waals surface area contributed by atoms with Crippen LogP contribution in [0.15, 0.2) is 24.5 Å². The zero-order chi connectivity index (χ0) is 27.7. The van der Waals surface area contributed by atoms with Crippen molar-refractivity contribution < 1.29 is 20.4 Å². The molecule has 1 aliphatic heterocycles. The molecule has 0 aromatic rings. The Balaban J connectivity index is 2.33. The molecule has 1 aliphatic rings. The third kappa shape index (κ3) is 20.1. The van der Waals surface area contributed by atoms with Gasteiger partial charge in [-0.2, -0.15) is 0 Å². The van der Waals surface area contributed by atoms with E-state index < -0.39 is 18.6 Å². The number of carbonyl (C=O) groups is 2. The first-order chi connectivity index (χ1) is 18.6. The first-order valence-corrected chi connectivity index (χ1v) is 15.7. The first kappa shape index (κ1) is 31.6. The van der Waals surface area contributed by atoms with E-state index in [2.05, 4.69) is 13.8 Å². The van der Waals surface area contributed by atoms with Crippen molar-refractivity contribution in [1.82, 2.24) is 0 Å². The van der Waals surface area contributed by atoms with E-state index in [4.69, 9.17) is 10.8 Å². The molecule has 0 aromatic heterocycles. The molecule has 1 rings (SSSR count). The number of Topliss-reactive ketones (excluding diaryl/α,β-unsaturated/α-hetero) is 1. The van der Waals surface area contributed by atoms with Crippen molar-refractivity contribution >= 4 is 11.8 Å². The number of hydrogen-bond acceptors (Lipinski definition) is 4. The Kier molecular flexibility index (Phi) is 21.2. The van der Waals surface area contributed by atoms with E-state index in [0.717, 1.165) is 38.5 Å². The van der Waals surface area contributed by atoms with Crippen LogP contribution in [-0.2, 0) is 19.1 Å². The fourth-order valence-corrected chi connectivity index (χ4v) is 4.82. The van der Waals surface area contributed by atoms with Crippen molar-refractivity contribution in [3.63, 3.8) is 0 Å². The molecule has 1 heterocycles. The molecule has 0 amide bonds. The summed E-state index contributed by atoms with van der Waals surface area (Å²) in [6, 6.07) is 0. The number of rotatable bonds is 26. The van der Waals surface area contributed by atoms with Crippen molar-refractivity contribution in [1.29, 1.82) is 0 Å². The summed E-state index contributed by atoms with van der Waals surface area (Å²) in [7, 11) is 0. The maximum absolute atomic E-state index is 12.9. The topological polar surface area (TPSA) is 52.6 Å². The van der Waals surface area contributed by atoms with Crippen molar-refractivity contribution in [3.8, 4) is 0 Å². The molecule has 4 nitrogen and oxygen atoms in total. The Morgan fingerprint density at radius 3 is 1.70 bits per heavy atom. The lowest BCUT2D eigenvalue weighted by atomic mass is 10.0. The second kappa shape index (κ2) is 24.7. The summed E-state index contributed by atoms with van der Waals surface area (Å²) in [5.74, 6) is -0.610. The van der Waals surface area contributed by atoms with Gasteiger partial charge in [-0.3, -0.25) is 9.59 Å². The highest BCUT2D eigenvalue weighted by atomic mass is 16.5. The van der Waals surface area contributed by atoms with E-state index in [9.17, 15) is 9.59 Å². The molecule has 0 radical (unpaired) electrons.